The molecule has 0 saturated heterocycles. The van der Waals surface area contributed by atoms with Gasteiger partial charge >= 0.3 is 0 Å². The Bertz CT molecular complexity index is 1150. The van der Waals surface area contributed by atoms with Gasteiger partial charge in [0.2, 0.25) is 0 Å². The van der Waals surface area contributed by atoms with E-state index in [1.54, 1.807) is 6.07 Å². The summed E-state index contributed by atoms with van der Waals surface area (Å²) in [5.74, 6) is -1.38. The summed E-state index contributed by atoms with van der Waals surface area (Å²) >= 11 is 0. The van der Waals surface area contributed by atoms with Crippen molar-refractivity contribution in [3.8, 4) is 39.9 Å². The quantitative estimate of drug-likeness (QED) is 0.306. The molecule has 0 radical (unpaired) electrons. The summed E-state index contributed by atoms with van der Waals surface area (Å²) in [6, 6.07) is 24.3. The SMILES string of the molecule is O=C(c1ccc(O)cc1O)c1ccc(O)cc1O.Oc1ccccc1-c1ccccc1. The summed E-state index contributed by atoms with van der Waals surface area (Å²) in [6.07, 6.45) is 0. The van der Waals surface area contributed by atoms with Crippen molar-refractivity contribution in [3.63, 3.8) is 0 Å². The highest BCUT2D eigenvalue weighted by Crippen LogP contribution is 2.30. The van der Waals surface area contributed by atoms with E-state index < -0.39 is 5.78 Å². The first-order valence-electron chi connectivity index (χ1n) is 9.29. The smallest absolute Gasteiger partial charge is 0.200 e. The molecule has 6 heteroatoms. The van der Waals surface area contributed by atoms with Crippen molar-refractivity contribution >= 4 is 5.78 Å². The maximum atomic E-state index is 12.0. The van der Waals surface area contributed by atoms with Crippen LogP contribution >= 0.6 is 0 Å². The third-order valence-corrected chi connectivity index (χ3v) is 4.44. The summed E-state index contributed by atoms with van der Waals surface area (Å²) in [4.78, 5) is 12.0. The van der Waals surface area contributed by atoms with Crippen LogP contribution in [0.3, 0.4) is 0 Å². The third kappa shape index (κ3) is 5.13. The summed E-state index contributed by atoms with van der Waals surface area (Å²) in [6.45, 7) is 0. The van der Waals surface area contributed by atoms with Crippen molar-refractivity contribution in [1.82, 2.24) is 0 Å². The molecule has 0 unspecified atom stereocenters. The molecule has 0 saturated carbocycles. The lowest BCUT2D eigenvalue weighted by atomic mass is 10.0. The number of ketones is 1. The molecule has 0 spiro atoms. The molecule has 0 aliphatic rings. The van der Waals surface area contributed by atoms with Gasteiger partial charge in [-0.25, -0.2) is 0 Å². The molecule has 31 heavy (non-hydrogen) atoms. The Morgan fingerprint density at radius 3 is 1.48 bits per heavy atom. The van der Waals surface area contributed by atoms with Crippen molar-refractivity contribution in [3.05, 3.63) is 102 Å². The van der Waals surface area contributed by atoms with Crippen LogP contribution in [0.15, 0.2) is 91.0 Å². The Balaban J connectivity index is 0.000000185. The minimum absolute atomic E-state index is 0.0474. The zero-order chi connectivity index (χ0) is 22.4. The number of phenols is 5. The van der Waals surface area contributed by atoms with Crippen LogP contribution in [-0.4, -0.2) is 31.3 Å². The standard InChI is InChI=1S/C13H10O5.C12H10O/c14-7-1-3-9(11(16)5-7)13(18)10-4-2-8(15)6-12(10)17;13-12-9-5-4-8-11(12)10-6-2-1-3-7-10/h1-6,14-17H;1-9,13H. The van der Waals surface area contributed by atoms with Crippen molar-refractivity contribution in [2.75, 3.05) is 0 Å². The second-order valence-corrected chi connectivity index (χ2v) is 6.62. The van der Waals surface area contributed by atoms with Crippen LogP contribution < -0.4 is 0 Å². The number of carbonyl (C=O) groups excluding carboxylic acids is 1. The van der Waals surface area contributed by atoms with E-state index in [-0.39, 0.29) is 34.1 Å². The molecule has 4 aromatic carbocycles. The lowest BCUT2D eigenvalue weighted by Gasteiger charge is -2.06. The van der Waals surface area contributed by atoms with Gasteiger partial charge in [0, 0.05) is 17.7 Å². The van der Waals surface area contributed by atoms with Crippen molar-refractivity contribution in [2.24, 2.45) is 0 Å². The molecule has 0 bridgehead atoms. The number of benzene rings is 4. The fourth-order valence-electron chi connectivity index (χ4n) is 2.90. The van der Waals surface area contributed by atoms with Gasteiger partial charge in [-0.15, -0.1) is 0 Å². The van der Waals surface area contributed by atoms with Crippen LogP contribution in [0, 0.1) is 0 Å². The van der Waals surface area contributed by atoms with Gasteiger partial charge in [-0.3, -0.25) is 4.79 Å². The van der Waals surface area contributed by atoms with Gasteiger partial charge in [0.15, 0.2) is 5.78 Å². The Morgan fingerprint density at radius 1 is 0.516 bits per heavy atom. The minimum Gasteiger partial charge on any atom is -0.508 e. The van der Waals surface area contributed by atoms with Gasteiger partial charge in [0.1, 0.15) is 28.7 Å². The third-order valence-electron chi connectivity index (χ3n) is 4.44. The van der Waals surface area contributed by atoms with Crippen LogP contribution in [0.4, 0.5) is 0 Å². The van der Waals surface area contributed by atoms with E-state index in [9.17, 15) is 20.1 Å². The van der Waals surface area contributed by atoms with E-state index in [1.165, 1.54) is 24.3 Å². The van der Waals surface area contributed by atoms with E-state index in [0.717, 1.165) is 23.3 Å². The van der Waals surface area contributed by atoms with Crippen LogP contribution in [-0.2, 0) is 0 Å². The van der Waals surface area contributed by atoms with Crippen molar-refractivity contribution < 1.29 is 30.3 Å². The van der Waals surface area contributed by atoms with E-state index in [2.05, 4.69) is 0 Å². The Hall–Kier alpha value is -4.45. The predicted molar refractivity (Wildman–Crippen MR) is 117 cm³/mol. The Labute approximate surface area is 178 Å². The van der Waals surface area contributed by atoms with E-state index in [0.29, 0.717) is 5.75 Å². The van der Waals surface area contributed by atoms with Crippen molar-refractivity contribution in [1.29, 1.82) is 0 Å². The van der Waals surface area contributed by atoms with Gasteiger partial charge in [0.25, 0.3) is 0 Å². The van der Waals surface area contributed by atoms with E-state index in [1.807, 2.05) is 48.5 Å². The predicted octanol–water partition coefficient (Wildman–Crippen LogP) is 4.80. The van der Waals surface area contributed by atoms with Gasteiger partial charge in [-0.05, 0) is 35.9 Å². The summed E-state index contributed by atoms with van der Waals surface area (Å²) in [5.41, 5.74) is 1.83. The molecule has 0 aliphatic heterocycles. The highest BCUT2D eigenvalue weighted by atomic mass is 16.3. The minimum atomic E-state index is -0.606. The second-order valence-electron chi connectivity index (χ2n) is 6.62. The number of aromatic hydroxyl groups is 5. The monoisotopic (exact) mass is 416 g/mol. The first kappa shape index (κ1) is 21.3. The number of para-hydroxylation sites is 1. The second kappa shape index (κ2) is 9.37. The normalized spacial score (nSPS) is 10.1. The molecule has 0 heterocycles. The molecule has 4 rings (SSSR count). The van der Waals surface area contributed by atoms with Crippen molar-refractivity contribution in [2.45, 2.75) is 0 Å². The molecule has 5 N–H and O–H groups in total. The maximum Gasteiger partial charge on any atom is 0.200 e. The number of carbonyl (C=O) groups is 1. The molecule has 0 aliphatic carbocycles. The van der Waals surface area contributed by atoms with Crippen LogP contribution in [0.5, 0.6) is 28.7 Å². The average Bonchev–Trinajstić information content (AvgIpc) is 2.75. The van der Waals surface area contributed by atoms with Crippen LogP contribution in [0.1, 0.15) is 15.9 Å². The van der Waals surface area contributed by atoms with Gasteiger partial charge in [0.05, 0.1) is 11.1 Å². The fourth-order valence-corrected chi connectivity index (χ4v) is 2.90. The molecule has 0 atom stereocenters. The highest BCUT2D eigenvalue weighted by Gasteiger charge is 2.17. The van der Waals surface area contributed by atoms with Gasteiger partial charge in [-0.2, -0.15) is 0 Å². The largest absolute Gasteiger partial charge is 0.508 e. The first-order chi connectivity index (χ1) is 14.9. The Kier molecular flexibility index (Phi) is 6.42. The molecule has 6 nitrogen and oxygen atoms in total. The summed E-state index contributed by atoms with van der Waals surface area (Å²) < 4.78 is 0. The number of hydrogen-bond donors (Lipinski definition) is 5. The summed E-state index contributed by atoms with van der Waals surface area (Å²) in [7, 11) is 0. The molecule has 4 aromatic rings. The van der Waals surface area contributed by atoms with Crippen LogP contribution in [0.25, 0.3) is 11.1 Å². The lowest BCUT2D eigenvalue weighted by molar-refractivity contribution is 0.103. The molecule has 0 aromatic heterocycles. The molecule has 156 valence electrons. The lowest BCUT2D eigenvalue weighted by Crippen LogP contribution is -2.01. The zero-order valence-electron chi connectivity index (χ0n) is 16.3. The van der Waals surface area contributed by atoms with Gasteiger partial charge in [-0.1, -0.05) is 48.5 Å². The van der Waals surface area contributed by atoms with E-state index >= 15 is 0 Å². The van der Waals surface area contributed by atoms with Crippen LogP contribution in [0.2, 0.25) is 0 Å². The fraction of sp³-hybridized carbons (Fsp3) is 0. The topological polar surface area (TPSA) is 118 Å². The number of hydrogen-bond acceptors (Lipinski definition) is 6. The summed E-state index contributed by atoms with van der Waals surface area (Å²) in [5, 5.41) is 46.9. The number of phenolic OH excluding ortho intramolecular Hbond substituents is 5. The molecular weight excluding hydrogens is 396 g/mol. The highest BCUT2D eigenvalue weighted by molar-refractivity contribution is 6.12. The van der Waals surface area contributed by atoms with Gasteiger partial charge < -0.3 is 25.5 Å². The number of rotatable bonds is 3. The molecule has 0 amide bonds. The maximum absolute atomic E-state index is 12.0. The molecular formula is C25H20O6. The molecule has 0 fully saturated rings. The van der Waals surface area contributed by atoms with E-state index in [4.69, 9.17) is 10.2 Å². The average molecular weight is 416 g/mol. The Morgan fingerprint density at radius 2 is 1.00 bits per heavy atom. The zero-order valence-corrected chi connectivity index (χ0v) is 16.3. The first-order valence-corrected chi connectivity index (χ1v) is 9.29.